The predicted molar refractivity (Wildman–Crippen MR) is 98.6 cm³/mol. The lowest BCUT2D eigenvalue weighted by molar-refractivity contribution is -0.0240. The quantitative estimate of drug-likeness (QED) is 0.909. The SMILES string of the molecule is COc1ccccc1O[C@@H]1C[C@@H]2CN(c3ccc(C)nn3)C[C@@H]2C[C@H]1O. The van der Waals surface area contributed by atoms with Gasteiger partial charge >= 0.3 is 0 Å². The van der Waals surface area contributed by atoms with Gasteiger partial charge < -0.3 is 19.5 Å². The van der Waals surface area contributed by atoms with Crippen molar-refractivity contribution in [1.29, 1.82) is 0 Å². The summed E-state index contributed by atoms with van der Waals surface area (Å²) in [7, 11) is 1.63. The summed E-state index contributed by atoms with van der Waals surface area (Å²) in [6.45, 7) is 3.79. The minimum atomic E-state index is -0.467. The Balaban J connectivity index is 1.45. The Morgan fingerprint density at radius 3 is 2.42 bits per heavy atom. The first-order chi connectivity index (χ1) is 12.6. The summed E-state index contributed by atoms with van der Waals surface area (Å²) in [4.78, 5) is 2.28. The number of hydrogen-bond acceptors (Lipinski definition) is 6. The van der Waals surface area contributed by atoms with Crippen LogP contribution in [0.25, 0.3) is 0 Å². The Kier molecular flexibility index (Phi) is 4.68. The van der Waals surface area contributed by atoms with Crippen molar-refractivity contribution in [2.45, 2.75) is 32.0 Å². The Morgan fingerprint density at radius 2 is 1.73 bits per heavy atom. The zero-order valence-corrected chi connectivity index (χ0v) is 15.2. The number of aryl methyl sites for hydroxylation is 1. The molecule has 2 heterocycles. The van der Waals surface area contributed by atoms with E-state index in [0.29, 0.717) is 23.3 Å². The molecule has 2 aromatic rings. The summed E-state index contributed by atoms with van der Waals surface area (Å²) in [6.07, 6.45) is 0.904. The van der Waals surface area contributed by atoms with Gasteiger partial charge in [0.2, 0.25) is 0 Å². The minimum absolute atomic E-state index is 0.211. The number of para-hydroxylation sites is 2. The Hall–Kier alpha value is -2.34. The first-order valence-electron chi connectivity index (χ1n) is 9.17. The number of ether oxygens (including phenoxy) is 2. The zero-order valence-electron chi connectivity index (χ0n) is 15.2. The van der Waals surface area contributed by atoms with Gasteiger partial charge in [-0.05, 0) is 55.9 Å². The van der Waals surface area contributed by atoms with Crippen LogP contribution < -0.4 is 14.4 Å². The van der Waals surface area contributed by atoms with Crippen molar-refractivity contribution in [1.82, 2.24) is 10.2 Å². The molecule has 1 aliphatic carbocycles. The molecule has 1 aromatic carbocycles. The molecule has 0 unspecified atom stereocenters. The van der Waals surface area contributed by atoms with E-state index in [9.17, 15) is 5.11 Å². The number of aliphatic hydroxyl groups is 1. The lowest BCUT2D eigenvalue weighted by Crippen LogP contribution is -2.42. The van der Waals surface area contributed by atoms with Crippen molar-refractivity contribution < 1.29 is 14.6 Å². The lowest BCUT2D eigenvalue weighted by Gasteiger charge is -2.35. The van der Waals surface area contributed by atoms with Crippen molar-refractivity contribution in [3.05, 3.63) is 42.1 Å². The molecule has 6 heteroatoms. The third-order valence-electron chi connectivity index (χ3n) is 5.54. The number of nitrogens with zero attached hydrogens (tertiary/aromatic N) is 3. The van der Waals surface area contributed by atoms with Crippen molar-refractivity contribution >= 4 is 5.82 Å². The van der Waals surface area contributed by atoms with E-state index >= 15 is 0 Å². The number of fused-ring (bicyclic) bond motifs is 1. The molecule has 0 amide bonds. The summed E-state index contributed by atoms with van der Waals surface area (Å²) in [6, 6.07) is 11.6. The maximum atomic E-state index is 10.6. The first kappa shape index (κ1) is 17.1. The molecular formula is C20H25N3O3. The highest BCUT2D eigenvalue weighted by atomic mass is 16.5. The molecule has 0 bridgehead atoms. The maximum absolute atomic E-state index is 10.6. The number of anilines is 1. The smallest absolute Gasteiger partial charge is 0.161 e. The fourth-order valence-electron chi connectivity index (χ4n) is 4.14. The molecule has 26 heavy (non-hydrogen) atoms. The van der Waals surface area contributed by atoms with Crippen LogP contribution in [0.3, 0.4) is 0 Å². The first-order valence-corrected chi connectivity index (χ1v) is 9.17. The van der Waals surface area contributed by atoms with Crippen LogP contribution in [-0.4, -0.2) is 47.7 Å². The van der Waals surface area contributed by atoms with E-state index in [1.54, 1.807) is 7.11 Å². The third-order valence-corrected chi connectivity index (χ3v) is 5.54. The van der Waals surface area contributed by atoms with Crippen LogP contribution in [0.4, 0.5) is 5.82 Å². The van der Waals surface area contributed by atoms with Gasteiger partial charge in [-0.15, -0.1) is 5.10 Å². The molecule has 138 valence electrons. The minimum Gasteiger partial charge on any atom is -0.493 e. The number of methoxy groups -OCH3 is 1. The molecular weight excluding hydrogens is 330 g/mol. The standard InChI is InChI=1S/C20H25N3O3/c1-13-7-8-20(22-21-13)23-11-14-9-16(24)19(10-15(14)12-23)26-18-6-4-3-5-17(18)25-2/h3-8,14-16,19,24H,9-12H2,1-2H3/t14-,15+,16+,19+/m0/s1. The summed E-state index contributed by atoms with van der Waals surface area (Å²) in [5.41, 5.74) is 0.922. The van der Waals surface area contributed by atoms with E-state index in [-0.39, 0.29) is 6.10 Å². The number of aromatic nitrogens is 2. The van der Waals surface area contributed by atoms with Gasteiger partial charge in [0.05, 0.1) is 18.9 Å². The molecule has 0 spiro atoms. The van der Waals surface area contributed by atoms with Crippen molar-refractivity contribution in [3.8, 4) is 11.5 Å². The van der Waals surface area contributed by atoms with Gasteiger partial charge in [0.15, 0.2) is 17.3 Å². The second-order valence-corrected chi connectivity index (χ2v) is 7.30. The van der Waals surface area contributed by atoms with Crippen LogP contribution in [0.5, 0.6) is 11.5 Å². The summed E-state index contributed by atoms with van der Waals surface area (Å²) in [5.74, 6) is 3.26. The monoisotopic (exact) mass is 355 g/mol. The van der Waals surface area contributed by atoms with Crippen molar-refractivity contribution in [2.75, 3.05) is 25.1 Å². The second-order valence-electron chi connectivity index (χ2n) is 7.30. The van der Waals surface area contributed by atoms with Gasteiger partial charge in [-0.1, -0.05) is 12.1 Å². The molecule has 6 nitrogen and oxygen atoms in total. The topological polar surface area (TPSA) is 67.7 Å². The van der Waals surface area contributed by atoms with Gasteiger partial charge in [-0.25, -0.2) is 0 Å². The van der Waals surface area contributed by atoms with E-state index in [4.69, 9.17) is 9.47 Å². The van der Waals surface area contributed by atoms with Crippen LogP contribution in [0.15, 0.2) is 36.4 Å². The summed E-state index contributed by atoms with van der Waals surface area (Å²) < 4.78 is 11.5. The molecule has 1 saturated carbocycles. The van der Waals surface area contributed by atoms with Gasteiger partial charge in [0.1, 0.15) is 6.10 Å². The Morgan fingerprint density at radius 1 is 1.00 bits per heavy atom. The molecule has 4 rings (SSSR count). The second kappa shape index (κ2) is 7.11. The van der Waals surface area contributed by atoms with Gasteiger partial charge in [-0.3, -0.25) is 0 Å². The molecule has 1 saturated heterocycles. The van der Waals surface area contributed by atoms with Gasteiger partial charge in [0.25, 0.3) is 0 Å². The molecule has 2 aliphatic rings. The highest BCUT2D eigenvalue weighted by Gasteiger charge is 2.43. The number of benzene rings is 1. The Labute approximate surface area is 153 Å². The number of rotatable bonds is 4. The highest BCUT2D eigenvalue weighted by molar-refractivity contribution is 5.40. The van der Waals surface area contributed by atoms with Crippen molar-refractivity contribution in [2.24, 2.45) is 11.8 Å². The van der Waals surface area contributed by atoms with E-state index < -0.39 is 6.10 Å². The summed E-state index contributed by atoms with van der Waals surface area (Å²) >= 11 is 0. The molecule has 1 N–H and O–H groups in total. The molecule has 0 radical (unpaired) electrons. The normalized spacial score (nSPS) is 27.9. The number of hydrogen-bond donors (Lipinski definition) is 1. The lowest BCUT2D eigenvalue weighted by atomic mass is 9.78. The molecule has 4 atom stereocenters. The Bertz CT molecular complexity index is 752. The highest BCUT2D eigenvalue weighted by Crippen LogP contribution is 2.40. The average Bonchev–Trinajstić information content (AvgIpc) is 3.05. The average molecular weight is 355 g/mol. The fourth-order valence-corrected chi connectivity index (χ4v) is 4.14. The van der Waals surface area contributed by atoms with Crippen LogP contribution in [0.1, 0.15) is 18.5 Å². The largest absolute Gasteiger partial charge is 0.493 e. The van der Waals surface area contributed by atoms with Gasteiger partial charge in [0, 0.05) is 13.1 Å². The fraction of sp³-hybridized carbons (Fsp3) is 0.500. The third kappa shape index (κ3) is 3.33. The zero-order chi connectivity index (χ0) is 18.1. The van der Waals surface area contributed by atoms with Crippen LogP contribution in [-0.2, 0) is 0 Å². The number of aliphatic hydroxyl groups excluding tert-OH is 1. The molecule has 1 aliphatic heterocycles. The van der Waals surface area contributed by atoms with E-state index in [2.05, 4.69) is 15.1 Å². The maximum Gasteiger partial charge on any atom is 0.161 e. The summed E-state index contributed by atoms with van der Waals surface area (Å²) in [5, 5.41) is 19.1. The predicted octanol–water partition coefficient (Wildman–Crippen LogP) is 2.45. The van der Waals surface area contributed by atoms with Crippen LogP contribution in [0, 0.1) is 18.8 Å². The van der Waals surface area contributed by atoms with E-state index in [0.717, 1.165) is 37.4 Å². The van der Waals surface area contributed by atoms with Crippen LogP contribution >= 0.6 is 0 Å². The van der Waals surface area contributed by atoms with E-state index in [1.165, 1.54) is 0 Å². The van der Waals surface area contributed by atoms with E-state index in [1.807, 2.05) is 43.3 Å². The van der Waals surface area contributed by atoms with Crippen LogP contribution in [0.2, 0.25) is 0 Å². The molecule has 2 fully saturated rings. The molecule has 1 aromatic heterocycles. The van der Waals surface area contributed by atoms with Gasteiger partial charge in [-0.2, -0.15) is 5.10 Å². The van der Waals surface area contributed by atoms with Crippen molar-refractivity contribution in [3.63, 3.8) is 0 Å².